The standard InChI is InChI=1S/C10H15N3S/c1-10(3-2-6-14-10)8-13-9-7-11-4-5-12-9/h4-5,7H,2-3,6,8H2,1H3,(H,12,13). The van der Waals surface area contributed by atoms with Crippen molar-refractivity contribution in [3.8, 4) is 0 Å². The molecule has 76 valence electrons. The minimum absolute atomic E-state index is 0.386. The van der Waals surface area contributed by atoms with Gasteiger partial charge in [-0.25, -0.2) is 4.98 Å². The Labute approximate surface area is 88.7 Å². The first-order valence-corrected chi connectivity index (χ1v) is 5.91. The number of nitrogens with zero attached hydrogens (tertiary/aromatic N) is 2. The van der Waals surface area contributed by atoms with E-state index in [1.807, 2.05) is 0 Å². The lowest BCUT2D eigenvalue weighted by molar-refractivity contribution is 0.633. The average molecular weight is 209 g/mol. The van der Waals surface area contributed by atoms with E-state index in [0.717, 1.165) is 12.4 Å². The largest absolute Gasteiger partial charge is 0.367 e. The molecule has 0 saturated carbocycles. The van der Waals surface area contributed by atoms with Crippen molar-refractivity contribution in [2.75, 3.05) is 17.6 Å². The number of hydrogen-bond acceptors (Lipinski definition) is 4. The van der Waals surface area contributed by atoms with Gasteiger partial charge in [-0.2, -0.15) is 11.8 Å². The summed E-state index contributed by atoms with van der Waals surface area (Å²) in [6, 6.07) is 0. The van der Waals surface area contributed by atoms with E-state index in [-0.39, 0.29) is 0 Å². The van der Waals surface area contributed by atoms with Gasteiger partial charge < -0.3 is 5.32 Å². The molecule has 1 aliphatic rings. The highest BCUT2D eigenvalue weighted by Crippen LogP contribution is 2.37. The highest BCUT2D eigenvalue weighted by atomic mass is 32.2. The molecule has 1 unspecified atom stereocenters. The molecule has 0 aromatic carbocycles. The van der Waals surface area contributed by atoms with Crippen molar-refractivity contribution < 1.29 is 0 Å². The van der Waals surface area contributed by atoms with Crippen molar-refractivity contribution in [2.24, 2.45) is 0 Å². The molecule has 4 heteroatoms. The van der Waals surface area contributed by atoms with Crippen LogP contribution in [0.1, 0.15) is 19.8 Å². The van der Waals surface area contributed by atoms with Crippen LogP contribution in [0.15, 0.2) is 18.6 Å². The maximum absolute atomic E-state index is 4.19. The first-order chi connectivity index (χ1) is 6.79. The van der Waals surface area contributed by atoms with Gasteiger partial charge in [-0.15, -0.1) is 0 Å². The van der Waals surface area contributed by atoms with Crippen LogP contribution < -0.4 is 5.32 Å². The molecular formula is C10H15N3S. The summed E-state index contributed by atoms with van der Waals surface area (Å²) in [4.78, 5) is 8.21. The van der Waals surface area contributed by atoms with Crippen LogP contribution in [0.5, 0.6) is 0 Å². The van der Waals surface area contributed by atoms with Gasteiger partial charge in [0, 0.05) is 23.7 Å². The van der Waals surface area contributed by atoms with Gasteiger partial charge >= 0.3 is 0 Å². The summed E-state index contributed by atoms with van der Waals surface area (Å²) in [5, 5.41) is 3.33. The van der Waals surface area contributed by atoms with E-state index in [0.29, 0.717) is 4.75 Å². The van der Waals surface area contributed by atoms with Crippen LogP contribution >= 0.6 is 11.8 Å². The first-order valence-electron chi connectivity index (χ1n) is 4.92. The van der Waals surface area contributed by atoms with E-state index < -0.39 is 0 Å². The van der Waals surface area contributed by atoms with Crippen molar-refractivity contribution in [1.82, 2.24) is 9.97 Å². The molecule has 1 aromatic heterocycles. The van der Waals surface area contributed by atoms with E-state index in [1.165, 1.54) is 18.6 Å². The van der Waals surface area contributed by atoms with Crippen LogP contribution in [0.3, 0.4) is 0 Å². The molecule has 14 heavy (non-hydrogen) atoms. The third-order valence-corrected chi connectivity index (χ3v) is 4.05. The van der Waals surface area contributed by atoms with Crippen molar-refractivity contribution in [2.45, 2.75) is 24.5 Å². The summed E-state index contributed by atoms with van der Waals surface area (Å²) in [7, 11) is 0. The van der Waals surface area contributed by atoms with E-state index in [1.54, 1.807) is 18.6 Å². The second-order valence-corrected chi connectivity index (χ2v) is 5.53. The number of hydrogen-bond donors (Lipinski definition) is 1. The Morgan fingerprint density at radius 2 is 2.50 bits per heavy atom. The number of thioether (sulfide) groups is 1. The SMILES string of the molecule is CC1(CNc2cnccn2)CCCS1. The van der Waals surface area contributed by atoms with Crippen molar-refractivity contribution >= 4 is 17.6 Å². The minimum Gasteiger partial charge on any atom is -0.367 e. The van der Waals surface area contributed by atoms with Gasteiger partial charge in [-0.05, 0) is 25.5 Å². The second-order valence-electron chi connectivity index (χ2n) is 3.85. The summed E-state index contributed by atoms with van der Waals surface area (Å²) >= 11 is 2.05. The van der Waals surface area contributed by atoms with Crippen LogP contribution in [0, 0.1) is 0 Å². The lowest BCUT2D eigenvalue weighted by Crippen LogP contribution is -2.27. The Morgan fingerprint density at radius 3 is 3.14 bits per heavy atom. The molecule has 1 saturated heterocycles. The fourth-order valence-corrected chi connectivity index (χ4v) is 2.89. The predicted molar refractivity (Wildman–Crippen MR) is 60.6 cm³/mol. The zero-order valence-corrected chi connectivity index (χ0v) is 9.18. The molecule has 0 bridgehead atoms. The summed E-state index contributed by atoms with van der Waals surface area (Å²) < 4.78 is 0.386. The van der Waals surface area contributed by atoms with Gasteiger partial charge in [0.05, 0.1) is 6.20 Å². The number of aromatic nitrogens is 2. The molecule has 1 fully saturated rings. The van der Waals surface area contributed by atoms with Crippen molar-refractivity contribution in [3.63, 3.8) is 0 Å². The Morgan fingerprint density at radius 1 is 1.57 bits per heavy atom. The van der Waals surface area contributed by atoms with Crippen LogP contribution in [-0.2, 0) is 0 Å². The molecule has 0 aliphatic carbocycles. The van der Waals surface area contributed by atoms with E-state index >= 15 is 0 Å². The Hall–Kier alpha value is -0.770. The second kappa shape index (κ2) is 4.17. The maximum atomic E-state index is 4.19. The molecule has 2 rings (SSSR count). The zero-order valence-electron chi connectivity index (χ0n) is 8.36. The highest BCUT2D eigenvalue weighted by molar-refractivity contribution is 8.00. The lowest BCUT2D eigenvalue weighted by atomic mass is 10.1. The van der Waals surface area contributed by atoms with Crippen molar-refractivity contribution in [3.05, 3.63) is 18.6 Å². The maximum Gasteiger partial charge on any atom is 0.144 e. The molecule has 1 aromatic rings. The fourth-order valence-electron chi connectivity index (χ4n) is 1.64. The monoisotopic (exact) mass is 209 g/mol. The number of nitrogens with one attached hydrogen (secondary N) is 1. The predicted octanol–water partition coefficient (Wildman–Crippen LogP) is 2.17. The molecule has 1 aliphatic heterocycles. The van der Waals surface area contributed by atoms with Crippen molar-refractivity contribution in [1.29, 1.82) is 0 Å². The molecule has 1 N–H and O–H groups in total. The van der Waals surface area contributed by atoms with Crippen LogP contribution in [0.25, 0.3) is 0 Å². The molecule has 1 atom stereocenters. The van der Waals surface area contributed by atoms with Gasteiger partial charge in [0.2, 0.25) is 0 Å². The van der Waals surface area contributed by atoms with Gasteiger partial charge in [0.15, 0.2) is 0 Å². The van der Waals surface area contributed by atoms with Gasteiger partial charge in [-0.1, -0.05) is 0 Å². The van der Waals surface area contributed by atoms with Gasteiger partial charge in [0.1, 0.15) is 5.82 Å². The number of anilines is 1. The highest BCUT2D eigenvalue weighted by Gasteiger charge is 2.29. The summed E-state index contributed by atoms with van der Waals surface area (Å²) in [6.45, 7) is 3.30. The third kappa shape index (κ3) is 2.38. The van der Waals surface area contributed by atoms with Crippen LogP contribution in [0.4, 0.5) is 5.82 Å². The summed E-state index contributed by atoms with van der Waals surface area (Å²) in [5.41, 5.74) is 0. The van der Waals surface area contributed by atoms with Crippen LogP contribution in [-0.4, -0.2) is 27.0 Å². The topological polar surface area (TPSA) is 37.8 Å². The number of rotatable bonds is 3. The van der Waals surface area contributed by atoms with Crippen LogP contribution in [0.2, 0.25) is 0 Å². The average Bonchev–Trinajstić information content (AvgIpc) is 2.65. The van der Waals surface area contributed by atoms with Gasteiger partial charge in [-0.3, -0.25) is 4.98 Å². The van der Waals surface area contributed by atoms with Gasteiger partial charge in [0.25, 0.3) is 0 Å². The first kappa shape index (κ1) is 9.77. The Bertz CT molecular complexity index is 283. The molecule has 0 spiro atoms. The third-order valence-electron chi connectivity index (χ3n) is 2.51. The molecule has 0 radical (unpaired) electrons. The van der Waals surface area contributed by atoms with E-state index in [2.05, 4.69) is 34.0 Å². The summed E-state index contributed by atoms with van der Waals surface area (Å²) in [6.07, 6.45) is 7.81. The Balaban J connectivity index is 1.88. The molecule has 0 amide bonds. The molecule has 3 nitrogen and oxygen atoms in total. The fraction of sp³-hybridized carbons (Fsp3) is 0.600. The minimum atomic E-state index is 0.386. The lowest BCUT2D eigenvalue weighted by Gasteiger charge is -2.22. The molecular weight excluding hydrogens is 194 g/mol. The zero-order chi connectivity index (χ0) is 9.86. The normalized spacial score (nSPS) is 26.4. The molecule has 2 heterocycles. The Kier molecular flexibility index (Phi) is 2.91. The van der Waals surface area contributed by atoms with E-state index in [9.17, 15) is 0 Å². The summed E-state index contributed by atoms with van der Waals surface area (Å²) in [5.74, 6) is 2.17. The smallest absolute Gasteiger partial charge is 0.144 e. The van der Waals surface area contributed by atoms with E-state index in [4.69, 9.17) is 0 Å². The quantitative estimate of drug-likeness (QED) is 0.828.